The molecule has 1 aliphatic rings. The van der Waals surface area contributed by atoms with E-state index < -0.39 is 12.0 Å². The number of aromatic nitrogens is 3. The second-order valence-corrected chi connectivity index (χ2v) is 4.79. The van der Waals surface area contributed by atoms with Crippen molar-refractivity contribution in [1.82, 2.24) is 19.9 Å². The Balaban J connectivity index is 1.92. The van der Waals surface area contributed by atoms with Crippen molar-refractivity contribution in [2.45, 2.75) is 12.5 Å². The lowest BCUT2D eigenvalue weighted by atomic mass is 10.1. The first-order chi connectivity index (χ1) is 10.2. The van der Waals surface area contributed by atoms with Crippen molar-refractivity contribution in [3.05, 3.63) is 24.3 Å². The lowest BCUT2D eigenvalue weighted by Crippen LogP contribution is -2.49. The number of nitrogens with one attached hydrogen (secondary N) is 1. The van der Waals surface area contributed by atoms with Crippen LogP contribution in [0.15, 0.2) is 18.6 Å². The van der Waals surface area contributed by atoms with Crippen LogP contribution in [0.25, 0.3) is 11.0 Å². The first-order valence-electron chi connectivity index (χ1n) is 6.55. The lowest BCUT2D eigenvalue weighted by Gasteiger charge is -2.34. The number of aromatic amines is 1. The molecular weight excluding hydrogens is 276 g/mol. The highest BCUT2D eigenvalue weighted by Crippen LogP contribution is 2.19. The number of carbonyl (C=O) groups excluding carboxylic acids is 1. The van der Waals surface area contributed by atoms with E-state index in [2.05, 4.69) is 15.0 Å². The predicted molar refractivity (Wildman–Crippen MR) is 71.8 cm³/mol. The Kier molecular flexibility index (Phi) is 3.53. The number of fused-ring (bicyclic) bond motifs is 1. The monoisotopic (exact) mass is 290 g/mol. The molecule has 0 bridgehead atoms. The van der Waals surface area contributed by atoms with Gasteiger partial charge in [-0.15, -0.1) is 0 Å². The van der Waals surface area contributed by atoms with Gasteiger partial charge in [0.05, 0.1) is 31.1 Å². The Morgan fingerprint density at radius 1 is 1.48 bits per heavy atom. The normalized spacial score (nSPS) is 18.9. The summed E-state index contributed by atoms with van der Waals surface area (Å²) in [6.07, 6.45) is 2.86. The van der Waals surface area contributed by atoms with E-state index in [-0.39, 0.29) is 24.6 Å². The smallest absolute Gasteiger partial charge is 0.305 e. The van der Waals surface area contributed by atoms with E-state index in [1.807, 2.05) is 0 Å². The van der Waals surface area contributed by atoms with Gasteiger partial charge >= 0.3 is 5.97 Å². The standard InChI is InChI=1S/C13H14N4O4/c18-10(19)5-8-6-21-4-3-17(8)13(20)11-9-1-2-14-12(9)16-7-15-11/h1-2,7-8H,3-6H2,(H,18,19)(H,14,15,16). The van der Waals surface area contributed by atoms with Crippen LogP contribution >= 0.6 is 0 Å². The molecule has 2 aromatic heterocycles. The molecule has 1 saturated heterocycles. The van der Waals surface area contributed by atoms with E-state index in [1.54, 1.807) is 12.3 Å². The molecule has 3 heterocycles. The van der Waals surface area contributed by atoms with Gasteiger partial charge in [-0.25, -0.2) is 9.97 Å². The van der Waals surface area contributed by atoms with Gasteiger partial charge in [-0.05, 0) is 6.07 Å². The Morgan fingerprint density at radius 2 is 2.33 bits per heavy atom. The summed E-state index contributed by atoms with van der Waals surface area (Å²) >= 11 is 0. The van der Waals surface area contributed by atoms with Gasteiger partial charge in [0.2, 0.25) is 0 Å². The average Bonchev–Trinajstić information content (AvgIpc) is 2.95. The number of carbonyl (C=O) groups is 2. The first-order valence-corrected chi connectivity index (χ1v) is 6.55. The number of rotatable bonds is 3. The number of nitrogens with zero attached hydrogens (tertiary/aromatic N) is 3. The number of hydrogen-bond donors (Lipinski definition) is 2. The Labute approximate surface area is 119 Å². The number of amides is 1. The summed E-state index contributed by atoms with van der Waals surface area (Å²) in [6.45, 7) is 0.968. The van der Waals surface area contributed by atoms with E-state index in [0.29, 0.717) is 24.2 Å². The minimum absolute atomic E-state index is 0.146. The number of H-pyrrole nitrogens is 1. The second-order valence-electron chi connectivity index (χ2n) is 4.79. The van der Waals surface area contributed by atoms with Crippen LogP contribution in [0.4, 0.5) is 0 Å². The molecule has 0 saturated carbocycles. The third kappa shape index (κ3) is 2.57. The van der Waals surface area contributed by atoms with Crippen LogP contribution in [-0.2, 0) is 9.53 Å². The molecule has 3 rings (SSSR count). The summed E-state index contributed by atoms with van der Waals surface area (Å²) in [5.74, 6) is -1.26. The van der Waals surface area contributed by atoms with Crippen molar-refractivity contribution in [1.29, 1.82) is 0 Å². The molecule has 8 nitrogen and oxygen atoms in total. The van der Waals surface area contributed by atoms with Crippen molar-refractivity contribution in [3.63, 3.8) is 0 Å². The van der Waals surface area contributed by atoms with Gasteiger partial charge in [-0.3, -0.25) is 9.59 Å². The van der Waals surface area contributed by atoms with Gasteiger partial charge in [0.25, 0.3) is 5.91 Å². The maximum atomic E-state index is 12.7. The molecule has 110 valence electrons. The molecule has 2 N–H and O–H groups in total. The van der Waals surface area contributed by atoms with Crippen molar-refractivity contribution in [2.75, 3.05) is 19.8 Å². The third-order valence-corrected chi connectivity index (χ3v) is 3.46. The molecule has 0 aliphatic carbocycles. The molecule has 1 aliphatic heterocycles. The zero-order valence-corrected chi connectivity index (χ0v) is 11.2. The van der Waals surface area contributed by atoms with Crippen LogP contribution in [-0.4, -0.2) is 62.6 Å². The maximum absolute atomic E-state index is 12.7. The van der Waals surface area contributed by atoms with Crippen LogP contribution in [0.1, 0.15) is 16.9 Å². The fourth-order valence-electron chi connectivity index (χ4n) is 2.47. The third-order valence-electron chi connectivity index (χ3n) is 3.46. The number of carboxylic acids is 1. The van der Waals surface area contributed by atoms with Crippen LogP contribution in [0.2, 0.25) is 0 Å². The van der Waals surface area contributed by atoms with Crippen molar-refractivity contribution >= 4 is 22.9 Å². The van der Waals surface area contributed by atoms with Crippen LogP contribution < -0.4 is 0 Å². The van der Waals surface area contributed by atoms with Crippen molar-refractivity contribution < 1.29 is 19.4 Å². The van der Waals surface area contributed by atoms with E-state index in [9.17, 15) is 9.59 Å². The quantitative estimate of drug-likeness (QED) is 0.840. The highest BCUT2D eigenvalue weighted by atomic mass is 16.5. The van der Waals surface area contributed by atoms with Crippen LogP contribution in [0, 0.1) is 0 Å². The SMILES string of the molecule is O=C(O)CC1COCCN1C(=O)c1ncnc2[nH]ccc12. The molecule has 8 heteroatoms. The fraction of sp³-hybridized carbons (Fsp3) is 0.385. The van der Waals surface area contributed by atoms with Crippen LogP contribution in [0.3, 0.4) is 0 Å². The summed E-state index contributed by atoms with van der Waals surface area (Å²) in [4.78, 5) is 36.1. The molecule has 1 amide bonds. The molecular formula is C13H14N4O4. The Hall–Kier alpha value is -2.48. The highest BCUT2D eigenvalue weighted by molar-refractivity contribution is 6.03. The summed E-state index contributed by atoms with van der Waals surface area (Å²) in [5, 5.41) is 9.58. The fourth-order valence-corrected chi connectivity index (χ4v) is 2.47. The molecule has 2 aromatic rings. The molecule has 0 radical (unpaired) electrons. The Morgan fingerprint density at radius 3 is 3.14 bits per heavy atom. The number of carboxylic acid groups (broad SMARTS) is 1. The van der Waals surface area contributed by atoms with Crippen molar-refractivity contribution in [3.8, 4) is 0 Å². The van der Waals surface area contributed by atoms with Gasteiger partial charge in [0.1, 0.15) is 17.7 Å². The second kappa shape index (κ2) is 5.49. The summed E-state index contributed by atoms with van der Waals surface area (Å²) < 4.78 is 5.28. The molecule has 1 fully saturated rings. The van der Waals surface area contributed by atoms with Gasteiger partial charge in [0, 0.05) is 12.7 Å². The summed E-state index contributed by atoms with van der Waals surface area (Å²) in [5.41, 5.74) is 0.856. The molecule has 1 atom stereocenters. The number of aliphatic carboxylic acids is 1. The summed E-state index contributed by atoms with van der Waals surface area (Å²) in [7, 11) is 0. The highest BCUT2D eigenvalue weighted by Gasteiger charge is 2.31. The first kappa shape index (κ1) is 13.5. The van der Waals surface area contributed by atoms with E-state index in [0.717, 1.165) is 0 Å². The van der Waals surface area contributed by atoms with E-state index in [1.165, 1.54) is 11.2 Å². The minimum Gasteiger partial charge on any atom is -0.481 e. The van der Waals surface area contributed by atoms with E-state index in [4.69, 9.17) is 9.84 Å². The van der Waals surface area contributed by atoms with Crippen molar-refractivity contribution in [2.24, 2.45) is 0 Å². The topological polar surface area (TPSA) is 108 Å². The Bertz CT molecular complexity index is 684. The molecule has 1 unspecified atom stereocenters. The largest absolute Gasteiger partial charge is 0.481 e. The van der Waals surface area contributed by atoms with Gasteiger partial charge in [-0.1, -0.05) is 0 Å². The summed E-state index contributed by atoms with van der Waals surface area (Å²) in [6, 6.07) is 1.25. The zero-order valence-electron chi connectivity index (χ0n) is 11.2. The van der Waals surface area contributed by atoms with Gasteiger partial charge < -0.3 is 19.7 Å². The number of hydrogen-bond acceptors (Lipinski definition) is 5. The predicted octanol–water partition coefficient (Wildman–Crippen LogP) is 0.274. The maximum Gasteiger partial charge on any atom is 0.305 e. The zero-order chi connectivity index (χ0) is 14.8. The van der Waals surface area contributed by atoms with Gasteiger partial charge in [0.15, 0.2) is 0 Å². The average molecular weight is 290 g/mol. The molecule has 0 aromatic carbocycles. The minimum atomic E-state index is -0.960. The lowest BCUT2D eigenvalue weighted by molar-refractivity contribution is -0.139. The van der Waals surface area contributed by atoms with E-state index >= 15 is 0 Å². The number of morpholine rings is 1. The molecule has 21 heavy (non-hydrogen) atoms. The van der Waals surface area contributed by atoms with Gasteiger partial charge in [-0.2, -0.15) is 0 Å². The van der Waals surface area contributed by atoms with Crippen LogP contribution in [0.5, 0.6) is 0 Å². The number of ether oxygens (including phenoxy) is 1. The molecule has 0 spiro atoms.